The second-order valence-electron chi connectivity index (χ2n) is 6.85. The van der Waals surface area contributed by atoms with Gasteiger partial charge in [0.15, 0.2) is 12.4 Å². The zero-order chi connectivity index (χ0) is 18.1. The summed E-state index contributed by atoms with van der Waals surface area (Å²) in [7, 11) is 0. The molecule has 1 heterocycles. The highest BCUT2D eigenvalue weighted by molar-refractivity contribution is 5.94. The summed E-state index contributed by atoms with van der Waals surface area (Å²) in [5, 5.41) is 0. The minimum atomic E-state index is -0.550. The molecule has 2 aromatic rings. The van der Waals surface area contributed by atoms with Crippen LogP contribution in [-0.2, 0) is 9.53 Å². The molecule has 0 unspecified atom stereocenters. The third-order valence-corrected chi connectivity index (χ3v) is 3.91. The number of aryl methyl sites for hydroxylation is 1. The molecule has 24 heavy (non-hydrogen) atoms. The van der Waals surface area contributed by atoms with E-state index in [2.05, 4.69) is 0 Å². The van der Waals surface area contributed by atoms with Crippen molar-refractivity contribution < 1.29 is 18.7 Å². The van der Waals surface area contributed by atoms with Gasteiger partial charge in [0.25, 0.3) is 0 Å². The van der Waals surface area contributed by atoms with Crippen LogP contribution in [0.15, 0.2) is 30.3 Å². The molecule has 1 aromatic heterocycles. The van der Waals surface area contributed by atoms with Crippen molar-refractivity contribution in [3.8, 4) is 5.69 Å². The third kappa shape index (κ3) is 3.72. The zero-order valence-corrected chi connectivity index (χ0v) is 14.6. The maximum atomic E-state index is 13.1. The molecule has 0 radical (unpaired) electrons. The average molecular weight is 331 g/mol. The molecule has 0 amide bonds. The molecule has 0 aliphatic carbocycles. The van der Waals surface area contributed by atoms with Gasteiger partial charge in [-0.25, -0.2) is 9.18 Å². The van der Waals surface area contributed by atoms with E-state index in [1.165, 1.54) is 12.1 Å². The third-order valence-electron chi connectivity index (χ3n) is 3.91. The van der Waals surface area contributed by atoms with Gasteiger partial charge in [-0.15, -0.1) is 0 Å². The number of hydrogen-bond acceptors (Lipinski definition) is 3. The fourth-order valence-electron chi connectivity index (χ4n) is 2.38. The van der Waals surface area contributed by atoms with Crippen LogP contribution in [0.4, 0.5) is 4.39 Å². The molecule has 0 bridgehead atoms. The molecule has 0 spiro atoms. The molecule has 0 aliphatic heterocycles. The van der Waals surface area contributed by atoms with Crippen LogP contribution in [0.5, 0.6) is 0 Å². The largest absolute Gasteiger partial charge is 0.454 e. The number of hydrogen-bond donors (Lipinski definition) is 0. The lowest BCUT2D eigenvalue weighted by Gasteiger charge is -2.16. The van der Waals surface area contributed by atoms with Crippen LogP contribution < -0.4 is 0 Å². The summed E-state index contributed by atoms with van der Waals surface area (Å²) < 4.78 is 20.1. The number of esters is 1. The first-order valence-corrected chi connectivity index (χ1v) is 7.76. The first-order valence-electron chi connectivity index (χ1n) is 7.76. The normalized spacial score (nSPS) is 11.4. The van der Waals surface area contributed by atoms with Crippen LogP contribution in [0.1, 0.15) is 42.5 Å². The molecule has 5 heteroatoms. The molecule has 0 N–H and O–H groups in total. The van der Waals surface area contributed by atoms with Crippen LogP contribution in [0.2, 0.25) is 0 Å². The van der Waals surface area contributed by atoms with E-state index in [0.717, 1.165) is 11.4 Å². The molecular formula is C19H22FNO3. The molecule has 4 nitrogen and oxygen atoms in total. The van der Waals surface area contributed by atoms with Crippen molar-refractivity contribution in [1.29, 1.82) is 0 Å². The monoisotopic (exact) mass is 331 g/mol. The summed E-state index contributed by atoms with van der Waals surface area (Å²) in [5.74, 6) is -0.987. The molecular weight excluding hydrogens is 309 g/mol. The van der Waals surface area contributed by atoms with Crippen molar-refractivity contribution in [3.63, 3.8) is 0 Å². The number of ketones is 1. The minimum Gasteiger partial charge on any atom is -0.454 e. The molecule has 0 fully saturated rings. The summed E-state index contributed by atoms with van der Waals surface area (Å²) in [5.41, 5.74) is 2.13. The number of ether oxygens (including phenoxy) is 1. The van der Waals surface area contributed by atoms with Crippen molar-refractivity contribution in [3.05, 3.63) is 53.1 Å². The van der Waals surface area contributed by atoms with Gasteiger partial charge < -0.3 is 9.30 Å². The van der Waals surface area contributed by atoms with Gasteiger partial charge in [-0.2, -0.15) is 0 Å². The van der Waals surface area contributed by atoms with Gasteiger partial charge in [0, 0.05) is 22.5 Å². The van der Waals surface area contributed by atoms with Gasteiger partial charge in [-0.1, -0.05) is 20.8 Å². The Morgan fingerprint density at radius 3 is 2.25 bits per heavy atom. The highest BCUT2D eigenvalue weighted by Crippen LogP contribution is 2.22. The zero-order valence-electron chi connectivity index (χ0n) is 14.6. The molecule has 2 rings (SSSR count). The highest BCUT2D eigenvalue weighted by Gasteiger charge is 2.24. The number of carbonyl (C=O) groups is 2. The number of carbonyl (C=O) groups excluding carboxylic acids is 2. The highest BCUT2D eigenvalue weighted by atomic mass is 19.1. The van der Waals surface area contributed by atoms with Crippen LogP contribution in [-0.4, -0.2) is 22.9 Å². The van der Waals surface area contributed by atoms with Gasteiger partial charge in [-0.05, 0) is 44.2 Å². The van der Waals surface area contributed by atoms with E-state index < -0.39 is 11.4 Å². The van der Waals surface area contributed by atoms with Gasteiger partial charge in [0.05, 0.1) is 5.56 Å². The lowest BCUT2D eigenvalue weighted by atomic mass is 9.91. The van der Waals surface area contributed by atoms with Crippen molar-refractivity contribution >= 4 is 11.8 Å². The smallest absolute Gasteiger partial charge is 0.340 e. The maximum Gasteiger partial charge on any atom is 0.340 e. The second-order valence-corrected chi connectivity index (χ2v) is 6.85. The second kappa shape index (κ2) is 6.59. The van der Waals surface area contributed by atoms with Gasteiger partial charge in [-0.3, -0.25) is 4.79 Å². The van der Waals surface area contributed by atoms with E-state index in [1.807, 2.05) is 11.5 Å². The quantitative estimate of drug-likeness (QED) is 0.796. The van der Waals surface area contributed by atoms with Crippen LogP contribution in [0, 0.1) is 25.1 Å². The Morgan fingerprint density at radius 1 is 1.12 bits per heavy atom. The van der Waals surface area contributed by atoms with E-state index in [9.17, 15) is 14.0 Å². The number of halogens is 1. The maximum absolute atomic E-state index is 13.1. The Labute approximate surface area is 141 Å². The molecule has 1 aromatic carbocycles. The first-order chi connectivity index (χ1) is 11.1. The Kier molecular flexibility index (Phi) is 4.92. The summed E-state index contributed by atoms with van der Waals surface area (Å²) in [4.78, 5) is 24.2. The number of rotatable bonds is 4. The van der Waals surface area contributed by atoms with E-state index >= 15 is 0 Å². The van der Waals surface area contributed by atoms with Crippen molar-refractivity contribution in [2.24, 2.45) is 5.41 Å². The van der Waals surface area contributed by atoms with E-state index in [4.69, 9.17) is 4.74 Å². The lowest BCUT2D eigenvalue weighted by Crippen LogP contribution is -2.26. The van der Waals surface area contributed by atoms with Crippen LogP contribution in [0.25, 0.3) is 5.69 Å². The fraction of sp³-hybridized carbons (Fsp3) is 0.368. The van der Waals surface area contributed by atoms with Crippen molar-refractivity contribution in [1.82, 2.24) is 4.57 Å². The fourth-order valence-corrected chi connectivity index (χ4v) is 2.38. The predicted octanol–water partition coefficient (Wildman–Crippen LogP) is 4.01. The lowest BCUT2D eigenvalue weighted by molar-refractivity contribution is -0.129. The number of nitrogens with zero attached hydrogens (tertiary/aromatic N) is 1. The molecule has 0 saturated heterocycles. The molecule has 128 valence electrons. The summed E-state index contributed by atoms with van der Waals surface area (Å²) in [6.45, 7) is 8.74. The topological polar surface area (TPSA) is 48.3 Å². The van der Waals surface area contributed by atoms with Crippen molar-refractivity contribution in [2.75, 3.05) is 6.61 Å². The summed E-state index contributed by atoms with van der Waals surface area (Å²) in [6, 6.07) is 7.74. The van der Waals surface area contributed by atoms with Gasteiger partial charge >= 0.3 is 5.97 Å². The SMILES string of the molecule is Cc1cc(C(=O)OCC(=O)C(C)(C)C)c(C)n1-c1ccc(F)cc1. The Balaban J connectivity index is 2.23. The van der Waals surface area contributed by atoms with Crippen LogP contribution in [0.3, 0.4) is 0 Å². The average Bonchev–Trinajstić information content (AvgIpc) is 2.79. The summed E-state index contributed by atoms with van der Waals surface area (Å²) >= 11 is 0. The van der Waals surface area contributed by atoms with E-state index in [0.29, 0.717) is 11.3 Å². The van der Waals surface area contributed by atoms with Gasteiger partial charge in [0.2, 0.25) is 0 Å². The summed E-state index contributed by atoms with van der Waals surface area (Å²) in [6.07, 6.45) is 0. The Hall–Kier alpha value is -2.43. The predicted molar refractivity (Wildman–Crippen MR) is 89.9 cm³/mol. The molecule has 0 aliphatic rings. The first kappa shape index (κ1) is 17.9. The molecule has 0 atom stereocenters. The molecule has 0 saturated carbocycles. The standard InChI is InChI=1S/C19H22FNO3/c1-12-10-16(18(23)24-11-17(22)19(3,4)5)13(2)21(12)15-8-6-14(20)7-9-15/h6-10H,11H2,1-5H3. The number of aromatic nitrogens is 1. The number of benzene rings is 1. The van der Waals surface area contributed by atoms with Crippen LogP contribution >= 0.6 is 0 Å². The number of Topliss-reactive ketones (excluding diaryl/α,β-unsaturated/α-hetero) is 1. The van der Waals surface area contributed by atoms with Gasteiger partial charge in [0.1, 0.15) is 5.82 Å². The van der Waals surface area contributed by atoms with Crippen molar-refractivity contribution in [2.45, 2.75) is 34.6 Å². The van der Waals surface area contributed by atoms with E-state index in [1.54, 1.807) is 45.9 Å². The minimum absolute atomic E-state index is 0.136. The Bertz CT molecular complexity index is 767. The Morgan fingerprint density at radius 2 is 1.71 bits per heavy atom. The van der Waals surface area contributed by atoms with E-state index in [-0.39, 0.29) is 18.2 Å².